The summed E-state index contributed by atoms with van der Waals surface area (Å²) < 4.78 is 6.27. The van der Waals surface area contributed by atoms with E-state index < -0.39 is 11.7 Å². The predicted molar refractivity (Wildman–Crippen MR) is 56.1 cm³/mol. The Kier molecular flexibility index (Phi) is 2.32. The Labute approximate surface area is 89.5 Å². The minimum absolute atomic E-state index is 0.172. The van der Waals surface area contributed by atoms with Crippen molar-refractivity contribution in [2.75, 3.05) is 5.32 Å². The fraction of sp³-hybridized carbons (Fsp3) is 0.100. The third-order valence-electron chi connectivity index (χ3n) is 2.17. The molecule has 6 nitrogen and oxygen atoms in total. The number of nitrogens with zero attached hydrogens (tertiary/aromatic N) is 1. The molecule has 0 bridgehead atoms. The zero-order valence-corrected chi connectivity index (χ0v) is 8.39. The van der Waals surface area contributed by atoms with Gasteiger partial charge in [0.2, 0.25) is 6.29 Å². The van der Waals surface area contributed by atoms with Crippen LogP contribution in [0.15, 0.2) is 27.4 Å². The van der Waals surface area contributed by atoms with Crippen LogP contribution in [0.2, 0.25) is 0 Å². The van der Waals surface area contributed by atoms with E-state index in [-0.39, 0.29) is 6.29 Å². The van der Waals surface area contributed by atoms with Crippen LogP contribution >= 0.6 is 0 Å². The molecule has 0 fully saturated rings. The van der Waals surface area contributed by atoms with Crippen molar-refractivity contribution in [1.82, 2.24) is 4.57 Å². The van der Waals surface area contributed by atoms with Gasteiger partial charge in [0.15, 0.2) is 5.58 Å². The number of benzene rings is 1. The monoisotopic (exact) mass is 220 g/mol. The molecule has 0 saturated carbocycles. The first-order valence-corrected chi connectivity index (χ1v) is 4.47. The van der Waals surface area contributed by atoms with Gasteiger partial charge in [-0.15, -0.1) is 0 Å². The molecule has 0 spiro atoms. The maximum atomic E-state index is 11.2. The van der Waals surface area contributed by atoms with Crippen molar-refractivity contribution in [2.45, 2.75) is 0 Å². The Morgan fingerprint density at radius 3 is 2.94 bits per heavy atom. The van der Waals surface area contributed by atoms with E-state index >= 15 is 0 Å². The van der Waals surface area contributed by atoms with Crippen LogP contribution in [0.4, 0.5) is 5.69 Å². The summed E-state index contributed by atoms with van der Waals surface area (Å²) in [5.74, 6) is -1.23. The van der Waals surface area contributed by atoms with Gasteiger partial charge in [0, 0.05) is 18.8 Å². The molecule has 0 saturated heterocycles. The summed E-state index contributed by atoms with van der Waals surface area (Å²) in [5, 5.41) is 2.33. The normalized spacial score (nSPS) is 10.3. The van der Waals surface area contributed by atoms with Crippen molar-refractivity contribution < 1.29 is 14.0 Å². The van der Waals surface area contributed by atoms with Gasteiger partial charge in [-0.3, -0.25) is 14.2 Å². The highest BCUT2D eigenvalue weighted by atomic mass is 16.4. The Morgan fingerprint density at radius 1 is 1.50 bits per heavy atom. The fourth-order valence-electron chi connectivity index (χ4n) is 1.38. The number of carbonyl (C=O) groups excluding carboxylic acids is 2. The summed E-state index contributed by atoms with van der Waals surface area (Å²) in [5.41, 5.74) is 1.38. The molecule has 0 aliphatic rings. The number of aromatic nitrogens is 1. The van der Waals surface area contributed by atoms with Gasteiger partial charge >= 0.3 is 5.76 Å². The van der Waals surface area contributed by atoms with Gasteiger partial charge in [0.25, 0.3) is 5.91 Å². The molecule has 2 aromatic rings. The SMILES string of the molecule is Cn1c(=O)oc2cc(NC(=O)C=O)ccc21. The zero-order valence-electron chi connectivity index (χ0n) is 8.39. The Bertz CT molecular complexity index is 623. The average molecular weight is 220 g/mol. The van der Waals surface area contributed by atoms with E-state index in [9.17, 15) is 14.4 Å². The molecule has 16 heavy (non-hydrogen) atoms. The molecule has 2 rings (SSSR count). The molecule has 1 aromatic carbocycles. The number of nitrogens with one attached hydrogen (secondary N) is 1. The lowest BCUT2D eigenvalue weighted by atomic mass is 10.3. The van der Waals surface area contributed by atoms with E-state index in [0.717, 1.165) is 0 Å². The molecule has 0 unspecified atom stereocenters. The lowest BCUT2D eigenvalue weighted by molar-refractivity contribution is -0.127. The van der Waals surface area contributed by atoms with E-state index in [2.05, 4.69) is 5.32 Å². The maximum Gasteiger partial charge on any atom is 0.419 e. The van der Waals surface area contributed by atoms with Gasteiger partial charge in [0.05, 0.1) is 5.52 Å². The first-order chi connectivity index (χ1) is 7.61. The molecule has 82 valence electrons. The molecule has 0 radical (unpaired) electrons. The van der Waals surface area contributed by atoms with E-state index in [0.29, 0.717) is 16.8 Å². The summed E-state index contributed by atoms with van der Waals surface area (Å²) in [4.78, 5) is 32.1. The van der Waals surface area contributed by atoms with E-state index in [1.807, 2.05) is 0 Å². The van der Waals surface area contributed by atoms with Crippen LogP contribution in [-0.4, -0.2) is 16.8 Å². The molecule has 1 amide bonds. The largest absolute Gasteiger partial charge is 0.419 e. The lowest BCUT2D eigenvalue weighted by Crippen LogP contribution is -2.11. The van der Waals surface area contributed by atoms with Gasteiger partial charge < -0.3 is 9.73 Å². The second-order valence-corrected chi connectivity index (χ2v) is 3.22. The summed E-state index contributed by atoms with van der Waals surface area (Å²) in [6, 6.07) is 4.69. The smallest absolute Gasteiger partial charge is 0.408 e. The summed E-state index contributed by atoms with van der Waals surface area (Å²) in [7, 11) is 1.58. The predicted octanol–water partition coefficient (Wildman–Crippen LogP) is 0.269. The van der Waals surface area contributed by atoms with Gasteiger partial charge in [-0.1, -0.05) is 0 Å². The quantitative estimate of drug-likeness (QED) is 0.581. The minimum atomic E-state index is -0.752. The number of aryl methyl sites for hydroxylation is 1. The summed E-state index contributed by atoms with van der Waals surface area (Å²) in [6.07, 6.45) is 0.172. The highest BCUT2D eigenvalue weighted by Gasteiger charge is 2.07. The highest BCUT2D eigenvalue weighted by molar-refractivity contribution is 6.29. The third-order valence-corrected chi connectivity index (χ3v) is 2.17. The van der Waals surface area contributed by atoms with Crippen molar-refractivity contribution in [3.8, 4) is 0 Å². The van der Waals surface area contributed by atoms with Crippen LogP contribution in [0.3, 0.4) is 0 Å². The van der Waals surface area contributed by atoms with Crippen LogP contribution in [0, 0.1) is 0 Å². The van der Waals surface area contributed by atoms with E-state index in [1.54, 1.807) is 19.2 Å². The number of fused-ring (bicyclic) bond motifs is 1. The molecular formula is C10H8N2O4. The molecule has 0 aliphatic carbocycles. The van der Waals surface area contributed by atoms with Gasteiger partial charge in [-0.25, -0.2) is 4.79 Å². The molecule has 0 atom stereocenters. The molecule has 1 heterocycles. The zero-order chi connectivity index (χ0) is 11.7. The molecule has 1 N–H and O–H groups in total. The lowest BCUT2D eigenvalue weighted by Gasteiger charge is -1.99. The second-order valence-electron chi connectivity index (χ2n) is 3.22. The fourth-order valence-corrected chi connectivity index (χ4v) is 1.38. The van der Waals surface area contributed by atoms with Crippen LogP contribution < -0.4 is 11.1 Å². The third kappa shape index (κ3) is 1.60. The highest BCUT2D eigenvalue weighted by Crippen LogP contribution is 2.17. The number of anilines is 1. The van der Waals surface area contributed by atoms with Gasteiger partial charge in [-0.05, 0) is 12.1 Å². The summed E-state index contributed by atoms with van der Waals surface area (Å²) >= 11 is 0. The van der Waals surface area contributed by atoms with Gasteiger partial charge in [0.1, 0.15) is 0 Å². The van der Waals surface area contributed by atoms with Crippen molar-refractivity contribution >= 4 is 29.0 Å². The Balaban J connectivity index is 2.48. The van der Waals surface area contributed by atoms with Crippen molar-refractivity contribution in [1.29, 1.82) is 0 Å². The number of hydrogen-bond acceptors (Lipinski definition) is 4. The standard InChI is InChI=1S/C10H8N2O4/c1-12-7-3-2-6(11-9(14)5-13)4-8(7)16-10(12)15/h2-5H,1H3,(H,11,14). The van der Waals surface area contributed by atoms with Crippen molar-refractivity contribution in [3.63, 3.8) is 0 Å². The van der Waals surface area contributed by atoms with Crippen LogP contribution in [0.25, 0.3) is 11.1 Å². The number of aldehydes is 1. The number of amides is 1. The molecule has 0 aliphatic heterocycles. The first kappa shape index (κ1) is 10.2. The van der Waals surface area contributed by atoms with Crippen LogP contribution in [-0.2, 0) is 16.6 Å². The van der Waals surface area contributed by atoms with Crippen LogP contribution in [0.1, 0.15) is 0 Å². The molecular weight excluding hydrogens is 212 g/mol. The topological polar surface area (TPSA) is 81.3 Å². The van der Waals surface area contributed by atoms with Crippen LogP contribution in [0.5, 0.6) is 0 Å². The number of carbonyl (C=O) groups is 2. The number of oxazole rings is 1. The maximum absolute atomic E-state index is 11.2. The van der Waals surface area contributed by atoms with E-state index in [1.165, 1.54) is 10.6 Å². The Morgan fingerprint density at radius 2 is 2.25 bits per heavy atom. The number of rotatable bonds is 2. The Hall–Kier alpha value is -2.37. The summed E-state index contributed by atoms with van der Waals surface area (Å²) in [6.45, 7) is 0. The average Bonchev–Trinajstić information content (AvgIpc) is 2.54. The first-order valence-electron chi connectivity index (χ1n) is 4.47. The molecule has 6 heteroatoms. The van der Waals surface area contributed by atoms with Crippen molar-refractivity contribution in [2.24, 2.45) is 7.05 Å². The second kappa shape index (κ2) is 3.65. The minimum Gasteiger partial charge on any atom is -0.408 e. The molecule has 1 aromatic heterocycles. The number of hydrogen-bond donors (Lipinski definition) is 1. The van der Waals surface area contributed by atoms with E-state index in [4.69, 9.17) is 4.42 Å². The van der Waals surface area contributed by atoms with Gasteiger partial charge in [-0.2, -0.15) is 0 Å². The van der Waals surface area contributed by atoms with Crippen molar-refractivity contribution in [3.05, 3.63) is 28.7 Å².